The molecule has 2 unspecified atom stereocenters. The summed E-state index contributed by atoms with van der Waals surface area (Å²) in [7, 11) is 0. The second-order valence-corrected chi connectivity index (χ2v) is 6.14. The van der Waals surface area contributed by atoms with E-state index in [1.54, 1.807) is 0 Å². The number of nitrogens with one attached hydrogen (secondary N) is 2. The van der Waals surface area contributed by atoms with Crippen molar-refractivity contribution in [2.75, 3.05) is 6.54 Å². The molecule has 0 fully saturated rings. The first-order chi connectivity index (χ1) is 10.2. The monoisotopic (exact) mass is 288 g/mol. The summed E-state index contributed by atoms with van der Waals surface area (Å²) in [5.41, 5.74) is 2.44. The predicted octanol–water partition coefficient (Wildman–Crippen LogP) is 3.35. The Morgan fingerprint density at radius 1 is 1.33 bits per heavy atom. The number of hydrogen-bond acceptors (Lipinski definition) is 2. The van der Waals surface area contributed by atoms with Gasteiger partial charge < -0.3 is 10.6 Å². The Balaban J connectivity index is 1.86. The van der Waals surface area contributed by atoms with Crippen molar-refractivity contribution in [2.24, 2.45) is 0 Å². The summed E-state index contributed by atoms with van der Waals surface area (Å²) in [5.74, 6) is 0.116. The molecule has 1 aromatic rings. The molecule has 0 spiro atoms. The molecule has 0 aliphatic carbocycles. The fraction of sp³-hybridized carbons (Fsp3) is 0.611. The summed E-state index contributed by atoms with van der Waals surface area (Å²) in [6.45, 7) is 5.95. The van der Waals surface area contributed by atoms with Gasteiger partial charge in [-0.2, -0.15) is 0 Å². The number of hydrogen-bond donors (Lipinski definition) is 2. The first kappa shape index (κ1) is 16.0. The number of fused-ring (bicyclic) bond motifs is 1. The third kappa shape index (κ3) is 4.57. The summed E-state index contributed by atoms with van der Waals surface area (Å²) < 4.78 is 0. The number of amides is 1. The van der Waals surface area contributed by atoms with Gasteiger partial charge in [-0.1, -0.05) is 56.9 Å². The number of carbonyl (C=O) groups excluding carboxylic acids is 1. The van der Waals surface area contributed by atoms with Crippen LogP contribution in [-0.4, -0.2) is 18.5 Å². The highest BCUT2D eigenvalue weighted by Crippen LogP contribution is 2.24. The largest absolute Gasteiger partial charge is 0.353 e. The zero-order valence-corrected chi connectivity index (χ0v) is 13.3. The van der Waals surface area contributed by atoms with Crippen LogP contribution >= 0.6 is 0 Å². The fourth-order valence-electron chi connectivity index (χ4n) is 3.02. The van der Waals surface area contributed by atoms with Crippen LogP contribution in [0.2, 0.25) is 0 Å². The van der Waals surface area contributed by atoms with Crippen molar-refractivity contribution in [1.82, 2.24) is 10.6 Å². The molecule has 1 aliphatic heterocycles. The molecule has 3 nitrogen and oxygen atoms in total. The van der Waals surface area contributed by atoms with Gasteiger partial charge in [0.15, 0.2) is 0 Å². The van der Waals surface area contributed by atoms with Crippen LogP contribution in [0.15, 0.2) is 24.3 Å². The van der Waals surface area contributed by atoms with E-state index in [1.807, 2.05) is 12.1 Å². The SMILES string of the molecule is CCCCCCC(C)NC(=O)C1CNCc2ccccc21. The Morgan fingerprint density at radius 2 is 2.14 bits per heavy atom. The molecule has 1 amide bonds. The van der Waals surface area contributed by atoms with Crippen molar-refractivity contribution < 1.29 is 4.79 Å². The Labute approximate surface area is 128 Å². The summed E-state index contributed by atoms with van der Waals surface area (Å²) >= 11 is 0. The number of unbranched alkanes of at least 4 members (excludes halogenated alkanes) is 3. The van der Waals surface area contributed by atoms with Crippen molar-refractivity contribution in [3.05, 3.63) is 35.4 Å². The lowest BCUT2D eigenvalue weighted by Gasteiger charge is -2.27. The van der Waals surface area contributed by atoms with E-state index in [1.165, 1.54) is 36.8 Å². The van der Waals surface area contributed by atoms with Crippen LogP contribution in [0.3, 0.4) is 0 Å². The minimum Gasteiger partial charge on any atom is -0.353 e. The van der Waals surface area contributed by atoms with Gasteiger partial charge in [0.25, 0.3) is 0 Å². The van der Waals surface area contributed by atoms with Gasteiger partial charge in [-0.25, -0.2) is 0 Å². The van der Waals surface area contributed by atoms with Crippen LogP contribution in [0.5, 0.6) is 0 Å². The lowest BCUT2D eigenvalue weighted by Crippen LogP contribution is -2.42. The normalized spacial score (nSPS) is 18.9. The second-order valence-electron chi connectivity index (χ2n) is 6.14. The van der Waals surface area contributed by atoms with E-state index >= 15 is 0 Å². The summed E-state index contributed by atoms with van der Waals surface area (Å²) in [4.78, 5) is 12.5. The Kier molecular flexibility index (Phi) is 6.24. The maximum absolute atomic E-state index is 12.5. The molecule has 3 heteroatoms. The summed E-state index contributed by atoms with van der Waals surface area (Å²) in [5, 5.41) is 6.53. The minimum atomic E-state index is -0.0481. The molecule has 1 aliphatic rings. The van der Waals surface area contributed by atoms with E-state index in [4.69, 9.17) is 0 Å². The van der Waals surface area contributed by atoms with Gasteiger partial charge in [-0.15, -0.1) is 0 Å². The lowest BCUT2D eigenvalue weighted by molar-refractivity contribution is -0.123. The van der Waals surface area contributed by atoms with Gasteiger partial charge in [0.1, 0.15) is 0 Å². The molecule has 2 atom stereocenters. The molecular formula is C18H28N2O. The van der Waals surface area contributed by atoms with Crippen molar-refractivity contribution in [3.63, 3.8) is 0 Å². The molecule has 0 bridgehead atoms. The van der Waals surface area contributed by atoms with Crippen LogP contribution in [0.25, 0.3) is 0 Å². The van der Waals surface area contributed by atoms with Crippen LogP contribution in [0.4, 0.5) is 0 Å². The average molecular weight is 288 g/mol. The van der Waals surface area contributed by atoms with Gasteiger partial charge in [0, 0.05) is 19.1 Å². The first-order valence-corrected chi connectivity index (χ1v) is 8.31. The van der Waals surface area contributed by atoms with Crippen LogP contribution < -0.4 is 10.6 Å². The van der Waals surface area contributed by atoms with Crippen molar-refractivity contribution >= 4 is 5.91 Å². The zero-order chi connectivity index (χ0) is 15.1. The molecule has 0 aromatic heterocycles. The highest BCUT2D eigenvalue weighted by molar-refractivity contribution is 5.84. The first-order valence-electron chi connectivity index (χ1n) is 8.31. The Bertz CT molecular complexity index is 458. The number of carbonyl (C=O) groups is 1. The molecule has 0 saturated heterocycles. The van der Waals surface area contributed by atoms with Gasteiger partial charge in [0.05, 0.1) is 5.92 Å². The predicted molar refractivity (Wildman–Crippen MR) is 87.3 cm³/mol. The van der Waals surface area contributed by atoms with Crippen LogP contribution in [0.1, 0.15) is 63.0 Å². The topological polar surface area (TPSA) is 41.1 Å². The van der Waals surface area contributed by atoms with Crippen molar-refractivity contribution in [2.45, 2.75) is 64.5 Å². The van der Waals surface area contributed by atoms with Gasteiger partial charge >= 0.3 is 0 Å². The Morgan fingerprint density at radius 3 is 2.95 bits per heavy atom. The average Bonchev–Trinajstić information content (AvgIpc) is 2.51. The lowest BCUT2D eigenvalue weighted by atomic mass is 9.90. The Hall–Kier alpha value is -1.35. The zero-order valence-electron chi connectivity index (χ0n) is 13.3. The van der Waals surface area contributed by atoms with Gasteiger partial charge in [0.2, 0.25) is 5.91 Å². The highest BCUT2D eigenvalue weighted by Gasteiger charge is 2.26. The molecule has 1 heterocycles. The van der Waals surface area contributed by atoms with E-state index in [2.05, 4.69) is 36.6 Å². The number of benzene rings is 1. The molecular weight excluding hydrogens is 260 g/mol. The smallest absolute Gasteiger partial charge is 0.229 e. The highest BCUT2D eigenvalue weighted by atomic mass is 16.2. The van der Waals surface area contributed by atoms with E-state index < -0.39 is 0 Å². The van der Waals surface area contributed by atoms with Crippen molar-refractivity contribution in [3.8, 4) is 0 Å². The standard InChI is InChI=1S/C18H28N2O/c1-3-4-5-6-9-14(2)20-18(21)17-13-19-12-15-10-7-8-11-16(15)17/h7-8,10-11,14,17,19H,3-6,9,12-13H2,1-2H3,(H,20,21). The van der Waals surface area contributed by atoms with E-state index in [0.29, 0.717) is 0 Å². The third-order valence-electron chi connectivity index (χ3n) is 4.29. The molecule has 21 heavy (non-hydrogen) atoms. The minimum absolute atomic E-state index is 0.0481. The van der Waals surface area contributed by atoms with Gasteiger partial charge in [-0.05, 0) is 24.5 Å². The maximum atomic E-state index is 12.5. The fourth-order valence-corrected chi connectivity index (χ4v) is 3.02. The van der Waals surface area contributed by atoms with E-state index in [9.17, 15) is 4.79 Å². The molecule has 116 valence electrons. The molecule has 0 radical (unpaired) electrons. The quantitative estimate of drug-likeness (QED) is 0.755. The molecule has 1 aromatic carbocycles. The van der Waals surface area contributed by atoms with Crippen molar-refractivity contribution in [1.29, 1.82) is 0 Å². The van der Waals surface area contributed by atoms with Crippen LogP contribution in [0, 0.1) is 0 Å². The summed E-state index contributed by atoms with van der Waals surface area (Å²) in [6, 6.07) is 8.53. The molecule has 2 rings (SSSR count). The van der Waals surface area contributed by atoms with E-state index in [-0.39, 0.29) is 17.9 Å². The third-order valence-corrected chi connectivity index (χ3v) is 4.29. The van der Waals surface area contributed by atoms with Crippen LogP contribution in [-0.2, 0) is 11.3 Å². The summed E-state index contributed by atoms with van der Waals surface area (Å²) in [6.07, 6.45) is 6.10. The van der Waals surface area contributed by atoms with E-state index in [0.717, 1.165) is 19.5 Å². The second kappa shape index (κ2) is 8.18. The molecule has 2 N–H and O–H groups in total. The number of rotatable bonds is 7. The maximum Gasteiger partial charge on any atom is 0.229 e. The van der Waals surface area contributed by atoms with Gasteiger partial charge in [-0.3, -0.25) is 4.79 Å². The molecule has 0 saturated carbocycles.